The minimum atomic E-state index is 0.579. The van der Waals surface area contributed by atoms with Gasteiger partial charge in [0, 0.05) is 5.66 Å². The molecular weight excluding hydrogens is 211 g/mol. The zero-order valence-electron chi connectivity index (χ0n) is 11.0. The third-order valence-electron chi connectivity index (χ3n) is 3.33. The SMILES string of the molecule is CCCC(C)c1ccc(C(P)C(C)C)cc1. The van der Waals surface area contributed by atoms with Crippen molar-refractivity contribution in [2.75, 3.05) is 0 Å². The van der Waals surface area contributed by atoms with Gasteiger partial charge in [0.15, 0.2) is 0 Å². The van der Waals surface area contributed by atoms with Gasteiger partial charge >= 0.3 is 0 Å². The van der Waals surface area contributed by atoms with E-state index in [1.54, 1.807) is 0 Å². The first-order valence-corrected chi connectivity index (χ1v) is 7.08. The molecule has 90 valence electrons. The third-order valence-corrected chi connectivity index (χ3v) is 4.49. The van der Waals surface area contributed by atoms with Crippen LogP contribution >= 0.6 is 9.24 Å². The molecule has 0 spiro atoms. The van der Waals surface area contributed by atoms with Crippen molar-refractivity contribution >= 4 is 9.24 Å². The van der Waals surface area contributed by atoms with Gasteiger partial charge in [-0.2, -0.15) is 0 Å². The van der Waals surface area contributed by atoms with Crippen molar-refractivity contribution in [1.29, 1.82) is 0 Å². The van der Waals surface area contributed by atoms with Crippen LogP contribution in [0.2, 0.25) is 0 Å². The van der Waals surface area contributed by atoms with E-state index in [4.69, 9.17) is 0 Å². The highest BCUT2D eigenvalue weighted by Gasteiger charge is 2.10. The van der Waals surface area contributed by atoms with Crippen molar-refractivity contribution in [2.24, 2.45) is 5.92 Å². The highest BCUT2D eigenvalue weighted by molar-refractivity contribution is 7.17. The van der Waals surface area contributed by atoms with Gasteiger partial charge in [0.25, 0.3) is 0 Å². The lowest BCUT2D eigenvalue weighted by Crippen LogP contribution is -1.99. The Balaban J connectivity index is 2.74. The molecule has 0 aliphatic carbocycles. The molecule has 0 heterocycles. The number of rotatable bonds is 5. The summed E-state index contributed by atoms with van der Waals surface area (Å²) in [6, 6.07) is 9.18. The first kappa shape index (κ1) is 13.7. The molecule has 0 N–H and O–H groups in total. The van der Waals surface area contributed by atoms with Crippen molar-refractivity contribution < 1.29 is 0 Å². The van der Waals surface area contributed by atoms with Crippen molar-refractivity contribution in [3.63, 3.8) is 0 Å². The predicted molar refractivity (Wildman–Crippen MR) is 77.1 cm³/mol. The average Bonchev–Trinajstić information content (AvgIpc) is 2.28. The zero-order chi connectivity index (χ0) is 12.1. The fraction of sp³-hybridized carbons (Fsp3) is 0.600. The van der Waals surface area contributed by atoms with Crippen LogP contribution in [0.5, 0.6) is 0 Å². The van der Waals surface area contributed by atoms with E-state index >= 15 is 0 Å². The Bertz CT molecular complexity index is 300. The Morgan fingerprint density at radius 1 is 1.00 bits per heavy atom. The van der Waals surface area contributed by atoms with E-state index in [9.17, 15) is 0 Å². The topological polar surface area (TPSA) is 0 Å². The molecule has 0 saturated carbocycles. The summed E-state index contributed by atoms with van der Waals surface area (Å²) in [5.41, 5.74) is 3.49. The standard InChI is InChI=1S/C15H25P/c1-5-6-12(4)13-7-9-14(10-8-13)15(16)11(2)3/h7-12,15H,5-6,16H2,1-4H3. The smallest absolute Gasteiger partial charge is 0.000834 e. The summed E-state index contributed by atoms with van der Waals surface area (Å²) in [5, 5.41) is 0. The molecule has 1 heteroatoms. The maximum absolute atomic E-state index is 2.95. The molecule has 0 nitrogen and oxygen atoms in total. The molecule has 0 amide bonds. The average molecular weight is 236 g/mol. The van der Waals surface area contributed by atoms with E-state index in [1.807, 2.05) is 0 Å². The minimum absolute atomic E-state index is 0.579. The van der Waals surface area contributed by atoms with Crippen LogP contribution in [0.25, 0.3) is 0 Å². The maximum Gasteiger partial charge on any atom is 0.000834 e. The lowest BCUT2D eigenvalue weighted by molar-refractivity contribution is 0.630. The van der Waals surface area contributed by atoms with Crippen LogP contribution in [0.3, 0.4) is 0 Å². The second kappa shape index (κ2) is 6.40. The summed E-state index contributed by atoms with van der Waals surface area (Å²) in [4.78, 5) is 0. The van der Waals surface area contributed by atoms with E-state index in [-0.39, 0.29) is 0 Å². The van der Waals surface area contributed by atoms with Gasteiger partial charge in [-0.3, -0.25) is 0 Å². The largest absolute Gasteiger partial charge is 0.129 e. The van der Waals surface area contributed by atoms with Crippen LogP contribution in [0, 0.1) is 5.92 Å². The van der Waals surface area contributed by atoms with Gasteiger partial charge in [0.2, 0.25) is 0 Å². The number of benzene rings is 1. The molecule has 16 heavy (non-hydrogen) atoms. The first-order valence-electron chi connectivity index (χ1n) is 6.41. The third kappa shape index (κ3) is 3.59. The van der Waals surface area contributed by atoms with Gasteiger partial charge in [0.05, 0.1) is 0 Å². The predicted octanol–water partition coefficient (Wildman–Crippen LogP) is 5.16. The molecule has 0 aliphatic heterocycles. The van der Waals surface area contributed by atoms with Crippen LogP contribution in [-0.2, 0) is 0 Å². The van der Waals surface area contributed by atoms with E-state index in [1.165, 1.54) is 24.0 Å². The van der Waals surface area contributed by atoms with Crippen LogP contribution in [0.4, 0.5) is 0 Å². The van der Waals surface area contributed by atoms with Gasteiger partial charge in [-0.15, -0.1) is 9.24 Å². The van der Waals surface area contributed by atoms with E-state index in [0.29, 0.717) is 17.5 Å². The minimum Gasteiger partial charge on any atom is -0.129 e. The molecule has 3 atom stereocenters. The monoisotopic (exact) mass is 236 g/mol. The maximum atomic E-state index is 2.95. The molecule has 0 fully saturated rings. The zero-order valence-corrected chi connectivity index (χ0v) is 12.2. The molecule has 0 radical (unpaired) electrons. The number of hydrogen-bond donors (Lipinski definition) is 0. The highest BCUT2D eigenvalue weighted by Crippen LogP contribution is 2.31. The van der Waals surface area contributed by atoms with Gasteiger partial charge in [-0.1, -0.05) is 58.4 Å². The fourth-order valence-corrected chi connectivity index (χ4v) is 2.25. The highest BCUT2D eigenvalue weighted by atomic mass is 31.0. The lowest BCUT2D eigenvalue weighted by atomic mass is 9.94. The van der Waals surface area contributed by atoms with E-state index in [0.717, 1.165) is 0 Å². The Kier molecular flexibility index (Phi) is 5.49. The molecule has 1 rings (SSSR count). The second-order valence-electron chi connectivity index (χ2n) is 5.13. The van der Waals surface area contributed by atoms with Crippen molar-refractivity contribution in [3.8, 4) is 0 Å². The van der Waals surface area contributed by atoms with E-state index in [2.05, 4.69) is 61.2 Å². The van der Waals surface area contributed by atoms with Crippen LogP contribution in [0.15, 0.2) is 24.3 Å². The summed E-state index contributed by atoms with van der Waals surface area (Å²) in [5.74, 6) is 1.38. The lowest BCUT2D eigenvalue weighted by Gasteiger charge is -2.17. The molecule has 1 aromatic carbocycles. The summed E-state index contributed by atoms with van der Waals surface area (Å²) < 4.78 is 0. The Labute approximate surface area is 103 Å². The van der Waals surface area contributed by atoms with Crippen LogP contribution < -0.4 is 0 Å². The fourth-order valence-electron chi connectivity index (χ4n) is 2.03. The first-order chi connectivity index (χ1) is 7.56. The normalized spacial score (nSPS) is 15.1. The molecule has 0 aromatic heterocycles. The quantitative estimate of drug-likeness (QED) is 0.619. The van der Waals surface area contributed by atoms with Gasteiger partial charge in [0.1, 0.15) is 0 Å². The molecule has 0 saturated heterocycles. The van der Waals surface area contributed by atoms with Gasteiger partial charge in [-0.05, 0) is 29.4 Å². The Morgan fingerprint density at radius 2 is 1.50 bits per heavy atom. The molecular formula is C15H25P. The van der Waals surface area contributed by atoms with Gasteiger partial charge < -0.3 is 0 Å². The van der Waals surface area contributed by atoms with E-state index < -0.39 is 0 Å². The summed E-state index contributed by atoms with van der Waals surface area (Å²) in [6.07, 6.45) is 2.55. The number of hydrogen-bond acceptors (Lipinski definition) is 0. The molecule has 0 bridgehead atoms. The Morgan fingerprint density at radius 3 is 1.94 bits per heavy atom. The molecule has 1 aromatic rings. The van der Waals surface area contributed by atoms with Gasteiger partial charge in [-0.25, -0.2) is 0 Å². The van der Waals surface area contributed by atoms with Crippen molar-refractivity contribution in [3.05, 3.63) is 35.4 Å². The summed E-state index contributed by atoms with van der Waals surface area (Å²) in [7, 11) is 2.95. The summed E-state index contributed by atoms with van der Waals surface area (Å²) in [6.45, 7) is 9.11. The van der Waals surface area contributed by atoms with Crippen LogP contribution in [0.1, 0.15) is 63.2 Å². The van der Waals surface area contributed by atoms with Crippen molar-refractivity contribution in [2.45, 2.75) is 52.1 Å². The van der Waals surface area contributed by atoms with Crippen LogP contribution in [-0.4, -0.2) is 0 Å². The summed E-state index contributed by atoms with van der Waals surface area (Å²) >= 11 is 0. The molecule has 0 aliphatic rings. The molecule has 3 unspecified atom stereocenters. The Hall–Kier alpha value is -0.350. The van der Waals surface area contributed by atoms with Crippen molar-refractivity contribution in [1.82, 2.24) is 0 Å². The second-order valence-corrected chi connectivity index (χ2v) is 5.84.